The topological polar surface area (TPSA) is 129 Å². The standard InChI is InChI=1S/C22H21N3O6/c1-13(26)25(2)12-18-17-10-15(31-14-6-4-3-5-7-14)8-9-16(17)21(29)20(24-18)22(30)23-11-19(27)28/h3-10,29H,11-12H2,1-2H3,(H,23,30)(H,27,28). The molecule has 0 unspecified atom stereocenters. The Bertz CT molecular complexity index is 1150. The monoisotopic (exact) mass is 423 g/mol. The number of para-hydroxylation sites is 1. The maximum absolute atomic E-state index is 12.4. The van der Waals surface area contributed by atoms with E-state index in [1.807, 2.05) is 18.2 Å². The summed E-state index contributed by atoms with van der Waals surface area (Å²) >= 11 is 0. The maximum Gasteiger partial charge on any atom is 0.322 e. The van der Waals surface area contributed by atoms with Crippen molar-refractivity contribution in [2.75, 3.05) is 13.6 Å². The van der Waals surface area contributed by atoms with Crippen molar-refractivity contribution in [3.8, 4) is 17.2 Å². The SMILES string of the molecule is CC(=O)N(C)Cc1nc(C(=O)NCC(=O)O)c(O)c2ccc(Oc3ccccc3)cc12. The molecule has 31 heavy (non-hydrogen) atoms. The van der Waals surface area contributed by atoms with Crippen molar-refractivity contribution in [2.24, 2.45) is 0 Å². The number of carbonyl (C=O) groups is 3. The number of nitrogens with zero attached hydrogens (tertiary/aromatic N) is 2. The molecule has 3 N–H and O–H groups in total. The van der Waals surface area contributed by atoms with Crippen LogP contribution in [-0.4, -0.2) is 51.5 Å². The highest BCUT2D eigenvalue weighted by molar-refractivity contribution is 6.03. The van der Waals surface area contributed by atoms with Gasteiger partial charge < -0.3 is 25.2 Å². The van der Waals surface area contributed by atoms with E-state index >= 15 is 0 Å². The Morgan fingerprint density at radius 1 is 1.06 bits per heavy atom. The Kier molecular flexibility index (Phi) is 6.35. The van der Waals surface area contributed by atoms with Crippen molar-refractivity contribution >= 4 is 28.6 Å². The van der Waals surface area contributed by atoms with Gasteiger partial charge in [-0.1, -0.05) is 18.2 Å². The van der Waals surface area contributed by atoms with Gasteiger partial charge in [-0.15, -0.1) is 0 Å². The normalized spacial score (nSPS) is 10.5. The molecule has 0 spiro atoms. The predicted molar refractivity (Wildman–Crippen MR) is 112 cm³/mol. The van der Waals surface area contributed by atoms with Gasteiger partial charge in [-0.3, -0.25) is 14.4 Å². The Hall–Kier alpha value is -4.14. The van der Waals surface area contributed by atoms with Crippen molar-refractivity contribution in [2.45, 2.75) is 13.5 Å². The van der Waals surface area contributed by atoms with Crippen LogP contribution in [0.1, 0.15) is 23.1 Å². The number of nitrogens with one attached hydrogen (secondary N) is 1. The van der Waals surface area contributed by atoms with Crippen molar-refractivity contribution in [3.05, 3.63) is 59.9 Å². The molecular formula is C22H21N3O6. The highest BCUT2D eigenvalue weighted by Crippen LogP contribution is 2.34. The average Bonchev–Trinajstić information content (AvgIpc) is 2.74. The number of carbonyl (C=O) groups excluding carboxylic acids is 2. The van der Waals surface area contributed by atoms with Crippen LogP contribution in [0.25, 0.3) is 10.8 Å². The summed E-state index contributed by atoms with van der Waals surface area (Å²) in [7, 11) is 1.58. The second-order valence-corrected chi connectivity index (χ2v) is 6.83. The maximum atomic E-state index is 12.4. The molecular weight excluding hydrogens is 402 g/mol. The molecule has 0 aliphatic heterocycles. The highest BCUT2D eigenvalue weighted by atomic mass is 16.5. The van der Waals surface area contributed by atoms with Crippen molar-refractivity contribution in [1.29, 1.82) is 0 Å². The summed E-state index contributed by atoms with van der Waals surface area (Å²) in [6.07, 6.45) is 0. The molecule has 0 saturated heterocycles. The molecule has 9 nitrogen and oxygen atoms in total. The molecule has 1 heterocycles. The molecule has 3 rings (SSSR count). The summed E-state index contributed by atoms with van der Waals surface area (Å²) in [6.45, 7) is 0.845. The number of hydrogen-bond donors (Lipinski definition) is 3. The fraction of sp³-hybridized carbons (Fsp3) is 0.182. The lowest BCUT2D eigenvalue weighted by atomic mass is 10.1. The summed E-state index contributed by atoms with van der Waals surface area (Å²) in [4.78, 5) is 40.5. The molecule has 1 aromatic heterocycles. The summed E-state index contributed by atoms with van der Waals surface area (Å²) in [5, 5.41) is 22.4. The molecule has 0 atom stereocenters. The number of hydrogen-bond acceptors (Lipinski definition) is 6. The molecule has 0 saturated carbocycles. The first-order chi connectivity index (χ1) is 14.8. The van der Waals surface area contributed by atoms with Gasteiger partial charge in [0.25, 0.3) is 5.91 Å². The van der Waals surface area contributed by atoms with E-state index < -0.39 is 24.2 Å². The second-order valence-electron chi connectivity index (χ2n) is 6.83. The lowest BCUT2D eigenvalue weighted by Gasteiger charge is -2.18. The number of carboxylic acid groups (broad SMARTS) is 1. The van der Waals surface area contributed by atoms with E-state index in [2.05, 4.69) is 10.3 Å². The number of carboxylic acids is 1. The third kappa shape index (κ3) is 5.08. The van der Waals surface area contributed by atoms with Gasteiger partial charge in [0.05, 0.1) is 12.2 Å². The number of fused-ring (bicyclic) bond motifs is 1. The van der Waals surface area contributed by atoms with Crippen LogP contribution in [-0.2, 0) is 16.1 Å². The van der Waals surface area contributed by atoms with E-state index in [-0.39, 0.29) is 18.1 Å². The number of pyridine rings is 1. The average molecular weight is 423 g/mol. The smallest absolute Gasteiger partial charge is 0.322 e. The molecule has 2 aromatic carbocycles. The van der Waals surface area contributed by atoms with Crippen molar-refractivity contribution < 1.29 is 29.3 Å². The molecule has 160 valence electrons. The molecule has 9 heteroatoms. The van der Waals surface area contributed by atoms with Crippen LogP contribution in [0.15, 0.2) is 48.5 Å². The molecule has 2 amide bonds. The third-order valence-corrected chi connectivity index (χ3v) is 4.55. The van der Waals surface area contributed by atoms with Gasteiger partial charge >= 0.3 is 5.97 Å². The number of amides is 2. The van der Waals surface area contributed by atoms with Gasteiger partial charge in [0, 0.05) is 24.7 Å². The first kappa shape index (κ1) is 21.6. The van der Waals surface area contributed by atoms with Crippen LogP contribution in [0, 0.1) is 0 Å². The van der Waals surface area contributed by atoms with Crippen LogP contribution >= 0.6 is 0 Å². The molecule has 0 radical (unpaired) electrons. The van der Waals surface area contributed by atoms with Gasteiger partial charge in [-0.25, -0.2) is 4.98 Å². The van der Waals surface area contributed by atoms with E-state index in [4.69, 9.17) is 9.84 Å². The molecule has 3 aromatic rings. The fourth-order valence-corrected chi connectivity index (χ4v) is 2.89. The minimum Gasteiger partial charge on any atom is -0.505 e. The largest absolute Gasteiger partial charge is 0.505 e. The molecule has 0 bridgehead atoms. The summed E-state index contributed by atoms with van der Waals surface area (Å²) in [5.41, 5.74) is 0.0296. The van der Waals surface area contributed by atoms with Gasteiger partial charge in [0.2, 0.25) is 5.91 Å². The zero-order valence-electron chi connectivity index (χ0n) is 17.0. The first-order valence-corrected chi connectivity index (χ1v) is 9.36. The van der Waals surface area contributed by atoms with E-state index in [9.17, 15) is 19.5 Å². The minimum atomic E-state index is -1.23. The predicted octanol–water partition coefficient (Wildman–Crippen LogP) is 2.53. The van der Waals surface area contributed by atoms with Crippen LogP contribution < -0.4 is 10.1 Å². The fourth-order valence-electron chi connectivity index (χ4n) is 2.89. The van der Waals surface area contributed by atoms with Gasteiger partial charge in [0.1, 0.15) is 18.0 Å². The molecule has 0 fully saturated rings. The van der Waals surface area contributed by atoms with E-state index in [1.54, 1.807) is 37.4 Å². The summed E-state index contributed by atoms with van der Waals surface area (Å²) < 4.78 is 5.84. The second kappa shape index (κ2) is 9.12. The van der Waals surface area contributed by atoms with Crippen LogP contribution in [0.5, 0.6) is 17.2 Å². The molecule has 0 aliphatic carbocycles. The first-order valence-electron chi connectivity index (χ1n) is 9.36. The highest BCUT2D eigenvalue weighted by Gasteiger charge is 2.21. The van der Waals surface area contributed by atoms with Gasteiger partial charge in [-0.2, -0.15) is 0 Å². The minimum absolute atomic E-state index is 0.0696. The van der Waals surface area contributed by atoms with E-state index in [0.717, 1.165) is 0 Å². The quantitative estimate of drug-likeness (QED) is 0.532. The number of ether oxygens (including phenoxy) is 1. The number of aromatic hydroxyl groups is 1. The van der Waals surface area contributed by atoms with Gasteiger partial charge in [-0.05, 0) is 30.3 Å². The lowest BCUT2D eigenvalue weighted by Crippen LogP contribution is -2.30. The van der Waals surface area contributed by atoms with Crippen molar-refractivity contribution in [1.82, 2.24) is 15.2 Å². The number of aromatic nitrogens is 1. The third-order valence-electron chi connectivity index (χ3n) is 4.55. The number of rotatable bonds is 7. The number of aliphatic carboxylic acids is 1. The summed E-state index contributed by atoms with van der Waals surface area (Å²) in [5.74, 6) is -1.57. The van der Waals surface area contributed by atoms with Crippen molar-refractivity contribution in [3.63, 3.8) is 0 Å². The Balaban J connectivity index is 2.08. The zero-order chi connectivity index (χ0) is 22.5. The Labute approximate surface area is 177 Å². The molecule has 0 aliphatic rings. The van der Waals surface area contributed by atoms with Crippen LogP contribution in [0.4, 0.5) is 0 Å². The zero-order valence-corrected chi connectivity index (χ0v) is 17.0. The number of benzene rings is 2. The Morgan fingerprint density at radius 3 is 2.42 bits per heavy atom. The lowest BCUT2D eigenvalue weighted by molar-refractivity contribution is -0.135. The van der Waals surface area contributed by atoms with Crippen LogP contribution in [0.3, 0.4) is 0 Å². The van der Waals surface area contributed by atoms with E-state index in [0.29, 0.717) is 28.0 Å². The summed E-state index contributed by atoms with van der Waals surface area (Å²) in [6, 6.07) is 14.0. The Morgan fingerprint density at radius 2 is 1.77 bits per heavy atom. The van der Waals surface area contributed by atoms with E-state index in [1.165, 1.54) is 11.8 Å². The van der Waals surface area contributed by atoms with Gasteiger partial charge in [0.15, 0.2) is 11.4 Å². The van der Waals surface area contributed by atoms with Crippen LogP contribution in [0.2, 0.25) is 0 Å².